The Morgan fingerprint density at radius 2 is 0.970 bits per heavy atom. The molecule has 4 aromatic rings. The van der Waals surface area contributed by atoms with Crippen molar-refractivity contribution >= 4 is 57.7 Å². The van der Waals surface area contributed by atoms with Crippen LogP contribution in [0.4, 0.5) is 22.7 Å². The number of carboxylic acid groups (broad SMARTS) is 1. The first-order valence-electron chi connectivity index (χ1n) is 9.96. The van der Waals surface area contributed by atoms with Crippen molar-refractivity contribution in [1.82, 2.24) is 0 Å². The quantitative estimate of drug-likeness (QED) is 0.242. The fourth-order valence-corrected chi connectivity index (χ4v) is 3.48. The van der Waals surface area contributed by atoms with Crippen LogP contribution in [0.25, 0.3) is 0 Å². The molecule has 4 rings (SSSR count). The van der Waals surface area contributed by atoms with Gasteiger partial charge in [-0.25, -0.2) is 4.79 Å². The van der Waals surface area contributed by atoms with Gasteiger partial charge in [-0.3, -0.25) is 4.79 Å². The van der Waals surface area contributed by atoms with Crippen LogP contribution < -0.4 is 10.6 Å². The minimum Gasteiger partial charge on any atom is -0.478 e. The minimum absolute atomic E-state index is 0.0124. The number of halogens is 2. The van der Waals surface area contributed by atoms with Gasteiger partial charge in [-0.05, 0) is 91.0 Å². The number of hydrogen-bond donors (Lipinski definition) is 3. The summed E-state index contributed by atoms with van der Waals surface area (Å²) in [4.78, 5) is 24.7. The number of hydrogen-bond acceptors (Lipinski definition) is 4. The molecule has 0 saturated heterocycles. The van der Waals surface area contributed by atoms with E-state index in [9.17, 15) is 14.7 Å². The molecule has 0 aromatic heterocycles. The average Bonchev–Trinajstić information content (AvgIpc) is 2.82. The zero-order valence-electron chi connectivity index (χ0n) is 17.2. The molecule has 0 spiro atoms. The first kappa shape index (κ1) is 22.4. The smallest absolute Gasteiger partial charge is 0.335 e. The molecule has 5 nitrogen and oxygen atoms in total. The number of rotatable bonds is 7. The van der Waals surface area contributed by atoms with E-state index in [0.717, 1.165) is 17.1 Å². The lowest BCUT2D eigenvalue weighted by Gasteiger charge is -2.11. The Hall–Kier alpha value is -3.80. The second-order valence-electron chi connectivity index (χ2n) is 7.27. The van der Waals surface area contributed by atoms with Crippen molar-refractivity contribution in [1.29, 1.82) is 0 Å². The highest BCUT2D eigenvalue weighted by Gasteiger charge is 2.15. The maximum atomic E-state index is 13.1. The van der Waals surface area contributed by atoms with Crippen LogP contribution in [-0.4, -0.2) is 16.9 Å². The maximum absolute atomic E-state index is 13.1. The van der Waals surface area contributed by atoms with Gasteiger partial charge in [0, 0.05) is 43.9 Å². The lowest BCUT2D eigenvalue weighted by atomic mass is 10.00. The largest absolute Gasteiger partial charge is 0.478 e. The van der Waals surface area contributed by atoms with Crippen molar-refractivity contribution in [3.05, 3.63) is 118 Å². The lowest BCUT2D eigenvalue weighted by Crippen LogP contribution is -2.06. The van der Waals surface area contributed by atoms with Gasteiger partial charge in [0.2, 0.25) is 0 Å². The molecular weight excluding hydrogens is 459 g/mol. The summed E-state index contributed by atoms with van der Waals surface area (Å²) >= 11 is 11.8. The normalized spacial score (nSPS) is 10.5. The van der Waals surface area contributed by atoms with Crippen molar-refractivity contribution in [3.63, 3.8) is 0 Å². The summed E-state index contributed by atoms with van der Waals surface area (Å²) in [5.41, 5.74) is 3.60. The number of aromatic carboxylic acids is 1. The Bertz CT molecular complexity index is 1300. The summed E-state index contributed by atoms with van der Waals surface area (Å²) in [7, 11) is 0. The first-order valence-corrected chi connectivity index (χ1v) is 10.7. The zero-order chi connectivity index (χ0) is 23.4. The van der Waals surface area contributed by atoms with Crippen LogP contribution in [-0.2, 0) is 0 Å². The zero-order valence-corrected chi connectivity index (χ0v) is 18.7. The van der Waals surface area contributed by atoms with Gasteiger partial charge < -0.3 is 15.7 Å². The van der Waals surface area contributed by atoms with Gasteiger partial charge in [0.15, 0.2) is 5.78 Å². The fraction of sp³-hybridized carbons (Fsp3) is 0. The summed E-state index contributed by atoms with van der Waals surface area (Å²) in [6, 6.07) is 25.7. The molecule has 0 radical (unpaired) electrons. The number of carbonyl (C=O) groups excluding carboxylic acids is 1. The second kappa shape index (κ2) is 9.77. The van der Waals surface area contributed by atoms with Crippen LogP contribution in [0.3, 0.4) is 0 Å². The Balaban J connectivity index is 1.57. The van der Waals surface area contributed by atoms with Crippen LogP contribution in [0.1, 0.15) is 26.3 Å². The molecule has 0 atom stereocenters. The number of ketones is 1. The van der Waals surface area contributed by atoms with Crippen molar-refractivity contribution in [3.8, 4) is 0 Å². The molecule has 0 fully saturated rings. The number of benzene rings is 4. The number of anilines is 4. The Labute approximate surface area is 200 Å². The minimum atomic E-state index is -1.12. The van der Waals surface area contributed by atoms with Crippen LogP contribution >= 0.6 is 23.2 Å². The van der Waals surface area contributed by atoms with Gasteiger partial charge in [0.1, 0.15) is 0 Å². The van der Waals surface area contributed by atoms with Gasteiger partial charge in [0.25, 0.3) is 0 Å². The van der Waals surface area contributed by atoms with Crippen LogP contribution in [0.2, 0.25) is 10.0 Å². The van der Waals surface area contributed by atoms with Crippen LogP contribution in [0.5, 0.6) is 0 Å². The highest BCUT2D eigenvalue weighted by atomic mass is 35.5. The second-order valence-corrected chi connectivity index (χ2v) is 8.15. The molecule has 0 aliphatic heterocycles. The monoisotopic (exact) mass is 476 g/mol. The van der Waals surface area contributed by atoms with Crippen molar-refractivity contribution in [2.75, 3.05) is 10.6 Å². The molecule has 33 heavy (non-hydrogen) atoms. The molecular formula is C26H18Cl2N2O3. The van der Waals surface area contributed by atoms with E-state index in [2.05, 4.69) is 10.6 Å². The maximum Gasteiger partial charge on any atom is 0.335 e. The van der Waals surface area contributed by atoms with Gasteiger partial charge in [-0.2, -0.15) is 0 Å². The van der Waals surface area contributed by atoms with Gasteiger partial charge >= 0.3 is 5.97 Å². The van der Waals surface area contributed by atoms with Crippen molar-refractivity contribution in [2.45, 2.75) is 0 Å². The molecule has 0 unspecified atom stereocenters. The molecule has 7 heteroatoms. The van der Waals surface area contributed by atoms with Crippen LogP contribution in [0, 0.1) is 0 Å². The van der Waals surface area contributed by atoms with Gasteiger partial charge in [0.05, 0.1) is 5.56 Å². The van der Waals surface area contributed by atoms with E-state index < -0.39 is 5.97 Å². The topological polar surface area (TPSA) is 78.4 Å². The van der Waals surface area contributed by atoms with E-state index >= 15 is 0 Å². The van der Waals surface area contributed by atoms with Crippen molar-refractivity contribution in [2.24, 2.45) is 0 Å². The van der Waals surface area contributed by atoms with E-state index in [0.29, 0.717) is 21.3 Å². The summed E-state index contributed by atoms with van der Waals surface area (Å²) in [5.74, 6) is -1.40. The number of carbonyl (C=O) groups is 2. The molecule has 0 aliphatic rings. The van der Waals surface area contributed by atoms with Gasteiger partial charge in [-0.15, -0.1) is 0 Å². The third-order valence-electron chi connectivity index (χ3n) is 4.86. The standard InChI is InChI=1S/C26H18Cl2N2O3/c27-19-3-9-22(10-4-19)29-21-7-1-16(2-8-21)25(31)17-13-18(26(32)33)15-24(14-17)30-23-11-5-20(28)6-12-23/h1-15,29-30H,(H,32,33). The predicted molar refractivity (Wildman–Crippen MR) is 133 cm³/mol. The van der Waals surface area contributed by atoms with E-state index in [-0.39, 0.29) is 16.9 Å². The average molecular weight is 477 g/mol. The SMILES string of the molecule is O=C(O)c1cc(Nc2ccc(Cl)cc2)cc(C(=O)c2ccc(Nc3ccc(Cl)cc3)cc2)c1. The highest BCUT2D eigenvalue weighted by Crippen LogP contribution is 2.24. The fourth-order valence-electron chi connectivity index (χ4n) is 3.23. The Morgan fingerprint density at radius 3 is 1.45 bits per heavy atom. The van der Waals surface area contributed by atoms with E-state index in [1.807, 2.05) is 12.1 Å². The van der Waals surface area contributed by atoms with Crippen molar-refractivity contribution < 1.29 is 14.7 Å². The first-order chi connectivity index (χ1) is 15.9. The predicted octanol–water partition coefficient (Wildman–Crippen LogP) is 7.41. The summed E-state index contributed by atoms with van der Waals surface area (Å²) < 4.78 is 0. The molecule has 0 amide bonds. The molecule has 0 bridgehead atoms. The Kier molecular flexibility index (Phi) is 6.63. The highest BCUT2D eigenvalue weighted by molar-refractivity contribution is 6.30. The summed E-state index contributed by atoms with van der Waals surface area (Å²) in [5, 5.41) is 17.1. The van der Waals surface area contributed by atoms with Crippen LogP contribution in [0.15, 0.2) is 91.0 Å². The van der Waals surface area contributed by atoms with Gasteiger partial charge in [-0.1, -0.05) is 23.2 Å². The third-order valence-corrected chi connectivity index (χ3v) is 5.36. The molecule has 164 valence electrons. The van der Waals surface area contributed by atoms with E-state index in [4.69, 9.17) is 23.2 Å². The molecule has 0 aliphatic carbocycles. The summed E-state index contributed by atoms with van der Waals surface area (Å²) in [6.07, 6.45) is 0. The van der Waals surface area contributed by atoms with E-state index in [1.165, 1.54) is 12.1 Å². The number of carboxylic acids is 1. The molecule has 0 saturated carbocycles. The molecule has 0 heterocycles. The summed E-state index contributed by atoms with van der Waals surface area (Å²) in [6.45, 7) is 0. The molecule has 4 aromatic carbocycles. The lowest BCUT2D eigenvalue weighted by molar-refractivity contribution is 0.0697. The molecule has 3 N–H and O–H groups in total. The number of nitrogens with one attached hydrogen (secondary N) is 2. The third kappa shape index (κ3) is 5.71. The van der Waals surface area contributed by atoms with E-state index in [1.54, 1.807) is 66.7 Å². The Morgan fingerprint density at radius 1 is 0.545 bits per heavy atom.